The van der Waals surface area contributed by atoms with Gasteiger partial charge in [0.1, 0.15) is 11.6 Å². The maximum absolute atomic E-state index is 13.2. The molecule has 84 valence electrons. The van der Waals surface area contributed by atoms with Crippen LogP contribution in [0.1, 0.15) is 16.5 Å². The fraction of sp³-hybridized carbons (Fsp3) is 0.167. The zero-order valence-corrected chi connectivity index (χ0v) is 10.2. The second-order valence-corrected chi connectivity index (χ2v) is 4.52. The normalized spacial score (nSPS) is 12.4. The van der Waals surface area contributed by atoms with Crippen molar-refractivity contribution in [3.05, 3.63) is 52.0 Å². The van der Waals surface area contributed by atoms with Crippen LogP contribution in [0.2, 0.25) is 0 Å². The van der Waals surface area contributed by atoms with Crippen LogP contribution in [0, 0.1) is 5.82 Å². The van der Waals surface area contributed by atoms with E-state index in [1.807, 2.05) is 16.8 Å². The fourth-order valence-electron chi connectivity index (χ4n) is 1.50. The minimum atomic E-state index is -0.378. The highest BCUT2D eigenvalue weighted by atomic mass is 35.5. The van der Waals surface area contributed by atoms with Gasteiger partial charge in [0.2, 0.25) is 0 Å². The first-order valence-electron chi connectivity index (χ1n) is 4.72. The van der Waals surface area contributed by atoms with Crippen molar-refractivity contribution in [1.29, 1.82) is 0 Å². The Hall–Kier alpha value is -1.06. The van der Waals surface area contributed by atoms with Gasteiger partial charge in [0.05, 0.1) is 12.5 Å². The highest BCUT2D eigenvalue weighted by molar-refractivity contribution is 7.08. The second kappa shape index (κ2) is 4.85. The van der Waals surface area contributed by atoms with E-state index < -0.39 is 0 Å². The highest BCUT2D eigenvalue weighted by Crippen LogP contribution is 2.36. The fourth-order valence-corrected chi connectivity index (χ4v) is 2.57. The summed E-state index contributed by atoms with van der Waals surface area (Å²) in [6.45, 7) is 0. The minimum absolute atomic E-state index is 0.309. The van der Waals surface area contributed by atoms with E-state index in [9.17, 15) is 4.39 Å². The van der Waals surface area contributed by atoms with Gasteiger partial charge in [-0.3, -0.25) is 0 Å². The molecule has 0 bridgehead atoms. The first-order chi connectivity index (χ1) is 7.72. The Balaban J connectivity index is 2.42. The van der Waals surface area contributed by atoms with Gasteiger partial charge < -0.3 is 4.74 Å². The molecule has 1 aromatic heterocycles. The lowest BCUT2D eigenvalue weighted by atomic mass is 10.1. The molecule has 0 amide bonds. The van der Waals surface area contributed by atoms with E-state index in [1.54, 1.807) is 24.5 Å². The maximum Gasteiger partial charge on any atom is 0.124 e. The topological polar surface area (TPSA) is 9.23 Å². The van der Waals surface area contributed by atoms with E-state index >= 15 is 0 Å². The Morgan fingerprint density at radius 3 is 2.81 bits per heavy atom. The number of benzene rings is 1. The van der Waals surface area contributed by atoms with Crippen LogP contribution in [0.25, 0.3) is 0 Å². The maximum atomic E-state index is 13.2. The summed E-state index contributed by atoms with van der Waals surface area (Å²) >= 11 is 7.85. The van der Waals surface area contributed by atoms with Crippen LogP contribution in [-0.4, -0.2) is 7.11 Å². The van der Waals surface area contributed by atoms with Crippen LogP contribution in [0.5, 0.6) is 5.75 Å². The first kappa shape index (κ1) is 11.4. The SMILES string of the molecule is COc1ccc(F)cc1C(Cl)c1ccsc1. The number of ether oxygens (including phenoxy) is 1. The molecule has 0 aliphatic rings. The van der Waals surface area contributed by atoms with Crippen molar-refractivity contribution in [1.82, 2.24) is 0 Å². The summed E-state index contributed by atoms with van der Waals surface area (Å²) in [5.41, 5.74) is 1.61. The Bertz CT molecular complexity index is 470. The number of thiophene rings is 1. The van der Waals surface area contributed by atoms with Crippen molar-refractivity contribution >= 4 is 22.9 Å². The molecule has 0 fully saturated rings. The summed E-state index contributed by atoms with van der Waals surface area (Å²) in [5, 5.41) is 3.51. The molecular formula is C12H10ClFOS. The van der Waals surface area contributed by atoms with Gasteiger partial charge in [-0.25, -0.2) is 4.39 Å². The van der Waals surface area contributed by atoms with Crippen molar-refractivity contribution in [2.45, 2.75) is 5.38 Å². The monoisotopic (exact) mass is 256 g/mol. The zero-order valence-electron chi connectivity index (χ0n) is 8.61. The van der Waals surface area contributed by atoms with Gasteiger partial charge in [0.15, 0.2) is 0 Å². The summed E-state index contributed by atoms with van der Waals surface area (Å²) in [6, 6.07) is 6.28. The van der Waals surface area contributed by atoms with Crippen LogP contribution in [0.3, 0.4) is 0 Å². The van der Waals surface area contributed by atoms with E-state index in [-0.39, 0.29) is 11.2 Å². The second-order valence-electron chi connectivity index (χ2n) is 3.31. The van der Waals surface area contributed by atoms with E-state index in [0.717, 1.165) is 5.56 Å². The molecule has 0 radical (unpaired) electrons. The lowest BCUT2D eigenvalue weighted by Gasteiger charge is -2.12. The van der Waals surface area contributed by atoms with Crippen LogP contribution in [0.4, 0.5) is 4.39 Å². The Morgan fingerprint density at radius 1 is 1.38 bits per heavy atom. The molecule has 2 aromatic rings. The molecule has 1 atom stereocenters. The van der Waals surface area contributed by atoms with Crippen molar-refractivity contribution in [3.63, 3.8) is 0 Å². The Kier molecular flexibility index (Phi) is 3.46. The third kappa shape index (κ3) is 2.20. The molecule has 0 spiro atoms. The molecule has 0 saturated carbocycles. The van der Waals surface area contributed by atoms with Gasteiger partial charge >= 0.3 is 0 Å². The number of hydrogen-bond acceptors (Lipinski definition) is 2. The van der Waals surface area contributed by atoms with Gasteiger partial charge in [-0.05, 0) is 40.6 Å². The summed E-state index contributed by atoms with van der Waals surface area (Å²) in [4.78, 5) is 0. The summed E-state index contributed by atoms with van der Waals surface area (Å²) < 4.78 is 18.3. The quantitative estimate of drug-likeness (QED) is 0.747. The van der Waals surface area contributed by atoms with Crippen molar-refractivity contribution < 1.29 is 9.13 Å². The first-order valence-corrected chi connectivity index (χ1v) is 6.10. The zero-order chi connectivity index (χ0) is 11.5. The van der Waals surface area contributed by atoms with Gasteiger partial charge in [0.25, 0.3) is 0 Å². The largest absolute Gasteiger partial charge is 0.496 e. The van der Waals surface area contributed by atoms with E-state index in [4.69, 9.17) is 16.3 Å². The molecule has 0 aliphatic carbocycles. The number of hydrogen-bond donors (Lipinski definition) is 0. The van der Waals surface area contributed by atoms with Crippen molar-refractivity contribution in [2.24, 2.45) is 0 Å². The standard InChI is InChI=1S/C12H10ClFOS/c1-15-11-3-2-9(14)6-10(11)12(13)8-4-5-16-7-8/h2-7,12H,1H3. The Labute approximate surface area is 102 Å². The van der Waals surface area contributed by atoms with E-state index in [1.165, 1.54) is 12.1 Å². The average molecular weight is 257 g/mol. The number of halogens is 2. The van der Waals surface area contributed by atoms with Gasteiger partial charge in [-0.15, -0.1) is 11.6 Å². The average Bonchev–Trinajstić information content (AvgIpc) is 2.81. The minimum Gasteiger partial charge on any atom is -0.496 e. The van der Waals surface area contributed by atoms with Gasteiger partial charge in [0, 0.05) is 5.56 Å². The lowest BCUT2D eigenvalue weighted by Crippen LogP contribution is -1.97. The van der Waals surface area contributed by atoms with Crippen LogP contribution in [0.15, 0.2) is 35.0 Å². The molecule has 1 unspecified atom stereocenters. The highest BCUT2D eigenvalue weighted by Gasteiger charge is 2.16. The molecule has 0 N–H and O–H groups in total. The molecule has 1 nitrogen and oxygen atoms in total. The van der Waals surface area contributed by atoms with E-state index in [2.05, 4.69) is 0 Å². The van der Waals surface area contributed by atoms with Crippen LogP contribution in [-0.2, 0) is 0 Å². The lowest BCUT2D eigenvalue weighted by molar-refractivity contribution is 0.409. The van der Waals surface area contributed by atoms with Crippen LogP contribution < -0.4 is 4.74 Å². The summed E-state index contributed by atoms with van der Waals surface area (Å²) in [7, 11) is 1.55. The molecule has 1 aromatic carbocycles. The number of methoxy groups -OCH3 is 1. The molecule has 4 heteroatoms. The third-order valence-electron chi connectivity index (χ3n) is 2.30. The predicted octanol–water partition coefficient (Wildman–Crippen LogP) is 4.22. The predicted molar refractivity (Wildman–Crippen MR) is 65.0 cm³/mol. The van der Waals surface area contributed by atoms with Crippen molar-refractivity contribution in [3.8, 4) is 5.75 Å². The van der Waals surface area contributed by atoms with Crippen LogP contribution >= 0.6 is 22.9 Å². The Morgan fingerprint density at radius 2 is 2.19 bits per heavy atom. The molecule has 0 saturated heterocycles. The molecule has 0 aliphatic heterocycles. The van der Waals surface area contributed by atoms with Gasteiger partial charge in [-0.1, -0.05) is 0 Å². The number of rotatable bonds is 3. The van der Waals surface area contributed by atoms with E-state index in [0.29, 0.717) is 11.3 Å². The van der Waals surface area contributed by atoms with Crippen molar-refractivity contribution in [2.75, 3.05) is 7.11 Å². The summed E-state index contributed by atoms with van der Waals surface area (Å²) in [6.07, 6.45) is 0. The molecular weight excluding hydrogens is 247 g/mol. The summed E-state index contributed by atoms with van der Waals surface area (Å²) in [5.74, 6) is 0.296. The smallest absolute Gasteiger partial charge is 0.124 e. The number of alkyl halides is 1. The van der Waals surface area contributed by atoms with Gasteiger partial charge in [-0.2, -0.15) is 11.3 Å². The molecule has 1 heterocycles. The molecule has 2 rings (SSSR count). The third-order valence-corrected chi connectivity index (χ3v) is 3.49. The molecule has 16 heavy (non-hydrogen) atoms.